The van der Waals surface area contributed by atoms with Gasteiger partial charge in [-0.05, 0) is 49.6 Å². The van der Waals surface area contributed by atoms with Crippen LogP contribution >= 0.6 is 0 Å². The van der Waals surface area contributed by atoms with Crippen LogP contribution in [0, 0.1) is 6.92 Å². The Kier molecular flexibility index (Phi) is 4.65. The fourth-order valence-electron chi connectivity index (χ4n) is 3.82. The van der Waals surface area contributed by atoms with Crippen molar-refractivity contribution in [1.29, 1.82) is 0 Å². The van der Waals surface area contributed by atoms with E-state index in [0.29, 0.717) is 12.6 Å². The summed E-state index contributed by atoms with van der Waals surface area (Å²) in [5.74, 6) is 2.01. The molecule has 0 N–H and O–H groups in total. The van der Waals surface area contributed by atoms with Crippen molar-refractivity contribution in [2.24, 2.45) is 0 Å². The van der Waals surface area contributed by atoms with Crippen molar-refractivity contribution in [3.8, 4) is 0 Å². The number of rotatable bonds is 5. The molecule has 1 saturated carbocycles. The lowest BCUT2D eigenvalue weighted by molar-refractivity contribution is -0.119. The van der Waals surface area contributed by atoms with Crippen LogP contribution in [-0.2, 0) is 22.6 Å². The summed E-state index contributed by atoms with van der Waals surface area (Å²) < 4.78 is 18.0. The number of aromatic nitrogens is 1. The molecular formula is C19H24N2O3. The molecule has 0 bridgehead atoms. The second-order valence-corrected chi connectivity index (χ2v) is 6.67. The minimum atomic E-state index is 0.164. The quantitative estimate of drug-likeness (QED) is 0.844. The molecule has 5 nitrogen and oxygen atoms in total. The monoisotopic (exact) mass is 328 g/mol. The van der Waals surface area contributed by atoms with E-state index in [1.54, 1.807) is 12.4 Å². The largest absolute Gasteiger partial charge is 0.465 e. The first-order valence-corrected chi connectivity index (χ1v) is 8.71. The highest BCUT2D eigenvalue weighted by molar-refractivity contribution is 5.09. The molecule has 5 heteroatoms. The standard InChI is InChI=1S/C19H24N2O3/c1-14-2-3-16(24-14)12-21-10-11-22-19-17(21)4-5-18(19)23-13-15-6-8-20-9-7-15/h2-3,6-9,17-19H,4-5,10-13H2,1H3/t17-,18-,19+/m0/s1. The Morgan fingerprint density at radius 1 is 1.21 bits per heavy atom. The Bertz CT molecular complexity index is 658. The molecular weight excluding hydrogens is 304 g/mol. The maximum Gasteiger partial charge on any atom is 0.118 e. The Hall–Kier alpha value is -1.69. The first-order chi connectivity index (χ1) is 11.8. The van der Waals surface area contributed by atoms with E-state index in [2.05, 4.69) is 16.0 Å². The highest BCUT2D eigenvalue weighted by Gasteiger charge is 2.43. The highest BCUT2D eigenvalue weighted by atomic mass is 16.5. The van der Waals surface area contributed by atoms with Crippen LogP contribution in [0.15, 0.2) is 41.1 Å². The summed E-state index contributed by atoms with van der Waals surface area (Å²) >= 11 is 0. The zero-order valence-electron chi connectivity index (χ0n) is 14.1. The first-order valence-electron chi connectivity index (χ1n) is 8.71. The van der Waals surface area contributed by atoms with Crippen molar-refractivity contribution < 1.29 is 13.9 Å². The molecule has 1 aliphatic carbocycles. The maximum absolute atomic E-state index is 6.16. The number of hydrogen-bond donors (Lipinski definition) is 0. The molecule has 0 spiro atoms. The zero-order chi connectivity index (χ0) is 16.4. The number of morpholine rings is 1. The molecule has 2 aromatic rings. The van der Waals surface area contributed by atoms with Crippen molar-refractivity contribution in [3.63, 3.8) is 0 Å². The molecule has 128 valence electrons. The van der Waals surface area contributed by atoms with E-state index in [1.807, 2.05) is 25.1 Å². The van der Waals surface area contributed by atoms with Gasteiger partial charge in [-0.25, -0.2) is 0 Å². The Balaban J connectivity index is 1.37. The van der Waals surface area contributed by atoms with Gasteiger partial charge in [0.15, 0.2) is 0 Å². The van der Waals surface area contributed by atoms with Gasteiger partial charge in [-0.15, -0.1) is 0 Å². The third-order valence-electron chi connectivity index (χ3n) is 5.02. The van der Waals surface area contributed by atoms with Crippen LogP contribution in [0.25, 0.3) is 0 Å². The number of pyridine rings is 1. The van der Waals surface area contributed by atoms with Crippen LogP contribution in [0.3, 0.4) is 0 Å². The van der Waals surface area contributed by atoms with E-state index in [0.717, 1.165) is 49.6 Å². The molecule has 0 radical (unpaired) electrons. The van der Waals surface area contributed by atoms with Crippen molar-refractivity contribution in [3.05, 3.63) is 53.7 Å². The van der Waals surface area contributed by atoms with E-state index in [1.165, 1.54) is 0 Å². The van der Waals surface area contributed by atoms with Gasteiger partial charge in [-0.1, -0.05) is 0 Å². The molecule has 0 amide bonds. The molecule has 3 atom stereocenters. The van der Waals surface area contributed by atoms with Gasteiger partial charge in [0.25, 0.3) is 0 Å². The van der Waals surface area contributed by atoms with E-state index < -0.39 is 0 Å². The van der Waals surface area contributed by atoms with Crippen LogP contribution in [-0.4, -0.2) is 41.3 Å². The number of furan rings is 1. The summed E-state index contributed by atoms with van der Waals surface area (Å²) in [5.41, 5.74) is 1.16. The lowest BCUT2D eigenvalue weighted by Crippen LogP contribution is -2.51. The topological polar surface area (TPSA) is 47.7 Å². The number of aryl methyl sites for hydroxylation is 1. The van der Waals surface area contributed by atoms with Gasteiger partial charge in [-0.2, -0.15) is 0 Å². The third-order valence-corrected chi connectivity index (χ3v) is 5.02. The number of ether oxygens (including phenoxy) is 2. The second-order valence-electron chi connectivity index (χ2n) is 6.67. The second kappa shape index (κ2) is 7.05. The van der Waals surface area contributed by atoms with Crippen LogP contribution in [0.4, 0.5) is 0 Å². The lowest BCUT2D eigenvalue weighted by atomic mass is 10.1. The molecule has 3 heterocycles. The summed E-state index contributed by atoms with van der Waals surface area (Å²) in [5, 5.41) is 0. The van der Waals surface area contributed by atoms with Crippen LogP contribution in [0.2, 0.25) is 0 Å². The Morgan fingerprint density at radius 3 is 2.88 bits per heavy atom. The molecule has 2 aliphatic rings. The van der Waals surface area contributed by atoms with Gasteiger partial charge in [0.05, 0.1) is 32.0 Å². The van der Waals surface area contributed by atoms with E-state index in [9.17, 15) is 0 Å². The number of hydrogen-bond acceptors (Lipinski definition) is 5. The van der Waals surface area contributed by atoms with E-state index in [-0.39, 0.29) is 12.2 Å². The van der Waals surface area contributed by atoms with Crippen molar-refractivity contribution in [1.82, 2.24) is 9.88 Å². The molecule has 24 heavy (non-hydrogen) atoms. The summed E-state index contributed by atoms with van der Waals surface area (Å²) in [6, 6.07) is 8.53. The van der Waals surface area contributed by atoms with E-state index in [4.69, 9.17) is 13.9 Å². The van der Waals surface area contributed by atoms with Crippen molar-refractivity contribution in [2.75, 3.05) is 13.2 Å². The molecule has 4 rings (SSSR count). The normalized spacial score (nSPS) is 27.3. The van der Waals surface area contributed by atoms with Crippen molar-refractivity contribution in [2.45, 2.75) is 51.2 Å². The summed E-state index contributed by atoms with van der Waals surface area (Å²) in [6.07, 6.45) is 6.11. The van der Waals surface area contributed by atoms with Gasteiger partial charge in [-0.3, -0.25) is 9.88 Å². The van der Waals surface area contributed by atoms with E-state index >= 15 is 0 Å². The van der Waals surface area contributed by atoms with Crippen LogP contribution in [0.1, 0.15) is 29.9 Å². The molecule has 2 aromatic heterocycles. The number of fused-ring (bicyclic) bond motifs is 1. The summed E-state index contributed by atoms with van der Waals surface area (Å²) in [4.78, 5) is 6.53. The van der Waals surface area contributed by atoms with Gasteiger partial charge in [0.2, 0.25) is 0 Å². The lowest BCUT2D eigenvalue weighted by Gasteiger charge is -2.38. The van der Waals surface area contributed by atoms with Crippen LogP contribution < -0.4 is 0 Å². The summed E-state index contributed by atoms with van der Waals surface area (Å²) in [6.45, 7) is 5.19. The first kappa shape index (κ1) is 15.8. The molecule has 2 fully saturated rings. The Labute approximate surface area is 142 Å². The van der Waals surface area contributed by atoms with Crippen LogP contribution in [0.5, 0.6) is 0 Å². The molecule has 1 saturated heterocycles. The summed E-state index contributed by atoms with van der Waals surface area (Å²) in [7, 11) is 0. The van der Waals surface area contributed by atoms with Gasteiger partial charge >= 0.3 is 0 Å². The fraction of sp³-hybridized carbons (Fsp3) is 0.526. The zero-order valence-corrected chi connectivity index (χ0v) is 14.1. The predicted octanol–water partition coefficient (Wildman–Crippen LogP) is 2.93. The third kappa shape index (κ3) is 3.38. The smallest absolute Gasteiger partial charge is 0.118 e. The highest BCUT2D eigenvalue weighted by Crippen LogP contribution is 2.33. The van der Waals surface area contributed by atoms with Crippen molar-refractivity contribution >= 4 is 0 Å². The Morgan fingerprint density at radius 2 is 2.08 bits per heavy atom. The molecule has 0 unspecified atom stereocenters. The molecule has 1 aliphatic heterocycles. The maximum atomic E-state index is 6.16. The average Bonchev–Trinajstić information content (AvgIpc) is 3.21. The minimum absolute atomic E-state index is 0.164. The SMILES string of the molecule is Cc1ccc(CN2CCO[C@H]3[C@@H](OCc4ccncc4)CC[C@@H]32)o1. The van der Waals surface area contributed by atoms with Gasteiger partial charge in [0.1, 0.15) is 11.5 Å². The number of nitrogens with zero attached hydrogens (tertiary/aromatic N) is 2. The fourth-order valence-corrected chi connectivity index (χ4v) is 3.82. The minimum Gasteiger partial charge on any atom is -0.465 e. The predicted molar refractivity (Wildman–Crippen MR) is 89.4 cm³/mol. The average molecular weight is 328 g/mol. The van der Waals surface area contributed by atoms with Gasteiger partial charge in [0, 0.05) is 25.0 Å². The molecule has 0 aromatic carbocycles. The van der Waals surface area contributed by atoms with Gasteiger partial charge < -0.3 is 13.9 Å².